The Balaban J connectivity index is 0.00000208. The molecule has 24 heavy (non-hydrogen) atoms. The number of halogens is 1. The van der Waals surface area contributed by atoms with Crippen LogP contribution in [0.15, 0.2) is 11.2 Å². The van der Waals surface area contributed by atoms with Gasteiger partial charge in [-0.1, -0.05) is 0 Å². The van der Waals surface area contributed by atoms with Crippen LogP contribution < -0.4 is 10.6 Å². The van der Waals surface area contributed by atoms with Gasteiger partial charge in [-0.15, -0.1) is 24.0 Å². The van der Waals surface area contributed by atoms with Gasteiger partial charge in [0.2, 0.25) is 0 Å². The first-order valence-electron chi connectivity index (χ1n) is 8.89. The molecule has 0 spiro atoms. The van der Waals surface area contributed by atoms with Crippen molar-refractivity contribution in [2.75, 3.05) is 18.8 Å². The highest BCUT2D eigenvalue weighted by Crippen LogP contribution is 2.36. The molecule has 2 aliphatic rings. The molecule has 3 heterocycles. The number of thioether (sulfide) groups is 1. The van der Waals surface area contributed by atoms with Gasteiger partial charge < -0.3 is 15.2 Å². The number of aryl methyl sites for hydroxylation is 2. The zero-order valence-electron chi connectivity index (χ0n) is 14.8. The van der Waals surface area contributed by atoms with Gasteiger partial charge in [0.05, 0.1) is 12.2 Å². The molecule has 0 radical (unpaired) electrons. The van der Waals surface area contributed by atoms with Crippen LogP contribution in [0, 0.1) is 0 Å². The Morgan fingerprint density at radius 2 is 2.25 bits per heavy atom. The van der Waals surface area contributed by atoms with Crippen molar-refractivity contribution in [3.05, 3.63) is 17.7 Å². The van der Waals surface area contributed by atoms with E-state index in [1.54, 1.807) is 0 Å². The molecule has 1 saturated heterocycles. The van der Waals surface area contributed by atoms with Crippen LogP contribution in [0.2, 0.25) is 0 Å². The Bertz CT molecular complexity index is 528. The third-order valence-corrected chi connectivity index (χ3v) is 6.17. The van der Waals surface area contributed by atoms with E-state index in [1.165, 1.54) is 37.3 Å². The predicted octanol–water partition coefficient (Wildman–Crippen LogP) is 3.18. The minimum Gasteiger partial charge on any atom is -0.357 e. The Kier molecular flexibility index (Phi) is 7.71. The molecule has 5 nitrogen and oxygen atoms in total. The van der Waals surface area contributed by atoms with Gasteiger partial charge >= 0.3 is 0 Å². The number of nitrogens with zero attached hydrogens (tertiary/aromatic N) is 3. The number of aliphatic imine (C=N–C) groups is 1. The van der Waals surface area contributed by atoms with Crippen LogP contribution in [0.25, 0.3) is 0 Å². The lowest BCUT2D eigenvalue weighted by Crippen LogP contribution is -2.43. The lowest BCUT2D eigenvalue weighted by atomic mass is 10.1. The largest absolute Gasteiger partial charge is 0.357 e. The monoisotopic (exact) mass is 463 g/mol. The highest BCUT2D eigenvalue weighted by atomic mass is 127. The van der Waals surface area contributed by atoms with Crippen molar-refractivity contribution < 1.29 is 0 Å². The van der Waals surface area contributed by atoms with Gasteiger partial charge in [0.25, 0.3) is 0 Å². The van der Waals surface area contributed by atoms with Gasteiger partial charge in [0.15, 0.2) is 5.96 Å². The average Bonchev–Trinajstić information content (AvgIpc) is 3.16. The van der Waals surface area contributed by atoms with Gasteiger partial charge in [0.1, 0.15) is 5.82 Å². The van der Waals surface area contributed by atoms with Crippen molar-refractivity contribution in [1.82, 2.24) is 20.2 Å². The first-order chi connectivity index (χ1) is 11.2. The summed E-state index contributed by atoms with van der Waals surface area (Å²) in [4.78, 5) is 9.46. The standard InChI is InChI=1S/C17H29N5S.HI/c1-3-18-16(20-13-17(2)8-6-10-23-17)19-11-14-12-22-9-5-4-7-15(22)21-14;/h12H,3-11,13H2,1-2H3,(H2,18,19,20);1H. The Morgan fingerprint density at radius 3 is 2.96 bits per heavy atom. The molecule has 0 aromatic carbocycles. The Morgan fingerprint density at radius 1 is 1.38 bits per heavy atom. The summed E-state index contributed by atoms with van der Waals surface area (Å²) in [6.07, 6.45) is 8.44. The third-order valence-electron chi connectivity index (χ3n) is 4.63. The van der Waals surface area contributed by atoms with Gasteiger partial charge in [-0.2, -0.15) is 11.8 Å². The second-order valence-corrected chi connectivity index (χ2v) is 8.43. The Hall–Kier alpha value is -0.440. The van der Waals surface area contributed by atoms with Crippen LogP contribution in [0.3, 0.4) is 0 Å². The van der Waals surface area contributed by atoms with Crippen molar-refractivity contribution in [2.24, 2.45) is 4.99 Å². The van der Waals surface area contributed by atoms with Crippen molar-refractivity contribution >= 4 is 41.7 Å². The number of guanidine groups is 1. The molecule has 7 heteroatoms. The number of aromatic nitrogens is 2. The molecule has 0 saturated carbocycles. The van der Waals surface area contributed by atoms with E-state index in [9.17, 15) is 0 Å². The minimum absolute atomic E-state index is 0. The van der Waals surface area contributed by atoms with Crippen LogP contribution in [-0.4, -0.2) is 39.1 Å². The molecule has 0 bridgehead atoms. The molecule has 2 N–H and O–H groups in total. The van der Waals surface area contributed by atoms with Crippen LogP contribution >= 0.6 is 35.7 Å². The summed E-state index contributed by atoms with van der Waals surface area (Å²) in [5.41, 5.74) is 1.08. The number of hydrogen-bond acceptors (Lipinski definition) is 3. The van der Waals surface area contributed by atoms with Gasteiger partial charge in [0, 0.05) is 37.0 Å². The quantitative estimate of drug-likeness (QED) is 0.400. The molecule has 0 amide bonds. The van der Waals surface area contributed by atoms with E-state index in [1.807, 2.05) is 0 Å². The van der Waals surface area contributed by atoms with Crippen molar-refractivity contribution in [1.29, 1.82) is 0 Å². The van der Waals surface area contributed by atoms with Crippen LogP contribution in [0.5, 0.6) is 0 Å². The van der Waals surface area contributed by atoms with E-state index in [0.29, 0.717) is 11.3 Å². The van der Waals surface area contributed by atoms with Gasteiger partial charge in [-0.25, -0.2) is 9.98 Å². The summed E-state index contributed by atoms with van der Waals surface area (Å²) in [5, 5.41) is 6.87. The highest BCUT2D eigenvalue weighted by molar-refractivity contribution is 14.0. The lowest BCUT2D eigenvalue weighted by Gasteiger charge is -2.24. The molecule has 1 atom stereocenters. The summed E-state index contributed by atoms with van der Waals surface area (Å²) in [6.45, 7) is 8.08. The number of fused-ring (bicyclic) bond motifs is 1. The average molecular weight is 463 g/mol. The maximum absolute atomic E-state index is 4.73. The van der Waals surface area contributed by atoms with E-state index >= 15 is 0 Å². The van der Waals surface area contributed by atoms with Gasteiger partial charge in [-0.3, -0.25) is 0 Å². The topological polar surface area (TPSA) is 54.2 Å². The fourth-order valence-corrected chi connectivity index (χ4v) is 4.54. The molecule has 3 rings (SSSR count). The molecule has 0 aliphatic carbocycles. The number of rotatable bonds is 5. The molecular weight excluding hydrogens is 433 g/mol. The molecular formula is C17H30IN5S. The van der Waals surface area contributed by atoms with Crippen LogP contribution in [-0.2, 0) is 19.5 Å². The molecule has 1 aromatic rings. The molecule has 1 fully saturated rings. The van der Waals surface area contributed by atoms with E-state index < -0.39 is 0 Å². The summed E-state index contributed by atoms with van der Waals surface area (Å²) in [7, 11) is 0. The van der Waals surface area contributed by atoms with E-state index in [0.717, 1.165) is 37.7 Å². The second kappa shape index (κ2) is 9.31. The maximum atomic E-state index is 4.73. The van der Waals surface area contributed by atoms with Crippen LogP contribution in [0.1, 0.15) is 51.0 Å². The first-order valence-corrected chi connectivity index (χ1v) is 9.88. The van der Waals surface area contributed by atoms with E-state index in [4.69, 9.17) is 9.98 Å². The summed E-state index contributed by atoms with van der Waals surface area (Å²) in [5.74, 6) is 3.42. The number of hydrogen-bond donors (Lipinski definition) is 2. The van der Waals surface area contributed by atoms with E-state index in [2.05, 4.69) is 47.0 Å². The van der Waals surface area contributed by atoms with Crippen molar-refractivity contribution in [3.63, 3.8) is 0 Å². The first kappa shape index (κ1) is 19.9. The fourth-order valence-electron chi connectivity index (χ4n) is 3.30. The highest BCUT2D eigenvalue weighted by Gasteiger charge is 2.29. The maximum Gasteiger partial charge on any atom is 0.191 e. The normalized spacial score (nSPS) is 23.5. The summed E-state index contributed by atoms with van der Waals surface area (Å²) < 4.78 is 2.65. The van der Waals surface area contributed by atoms with Crippen LogP contribution in [0.4, 0.5) is 0 Å². The zero-order chi connectivity index (χ0) is 16.1. The second-order valence-electron chi connectivity index (χ2n) is 6.75. The van der Waals surface area contributed by atoms with Crippen molar-refractivity contribution in [2.45, 2.75) is 63.8 Å². The SMILES string of the molecule is CCNC(=NCc1cn2c(n1)CCCC2)NCC1(C)CCCS1.I. The smallest absolute Gasteiger partial charge is 0.191 e. The molecule has 1 aromatic heterocycles. The van der Waals surface area contributed by atoms with Gasteiger partial charge in [-0.05, 0) is 45.3 Å². The summed E-state index contributed by atoms with van der Waals surface area (Å²) >= 11 is 2.08. The van der Waals surface area contributed by atoms with E-state index in [-0.39, 0.29) is 24.0 Å². The summed E-state index contributed by atoms with van der Waals surface area (Å²) in [6, 6.07) is 0. The fraction of sp³-hybridized carbons (Fsp3) is 0.765. The molecule has 1 unspecified atom stereocenters. The van der Waals surface area contributed by atoms with Crippen molar-refractivity contribution in [3.8, 4) is 0 Å². The molecule has 2 aliphatic heterocycles. The Labute approximate surface area is 166 Å². The predicted molar refractivity (Wildman–Crippen MR) is 113 cm³/mol. The number of nitrogens with one attached hydrogen (secondary N) is 2. The lowest BCUT2D eigenvalue weighted by molar-refractivity contribution is 0.522. The molecule has 136 valence electrons. The zero-order valence-corrected chi connectivity index (χ0v) is 18.0. The third kappa shape index (κ3) is 5.28. The number of imidazole rings is 1. The minimum atomic E-state index is 0.